The number of hydrogen-bond acceptors (Lipinski definition) is 4. The summed E-state index contributed by atoms with van der Waals surface area (Å²) in [7, 11) is 0. The first-order valence-electron chi connectivity index (χ1n) is 7.30. The molecule has 9 heteroatoms. The Morgan fingerprint density at radius 3 is 2.68 bits per heavy atom. The highest BCUT2D eigenvalue weighted by Crippen LogP contribution is 2.27. The van der Waals surface area contributed by atoms with E-state index in [1.165, 1.54) is 0 Å². The zero-order valence-electron chi connectivity index (χ0n) is 12.8. The van der Waals surface area contributed by atoms with Crippen LogP contribution in [0.4, 0.5) is 13.2 Å². The minimum atomic E-state index is -4.53. The van der Waals surface area contributed by atoms with Gasteiger partial charge >= 0.3 is 6.18 Å². The lowest BCUT2D eigenvalue weighted by molar-refractivity contribution is -0.141. The minimum absolute atomic E-state index is 0.0625. The van der Waals surface area contributed by atoms with Gasteiger partial charge in [0.15, 0.2) is 0 Å². The van der Waals surface area contributed by atoms with Crippen molar-refractivity contribution in [2.75, 3.05) is 6.54 Å². The van der Waals surface area contributed by atoms with Gasteiger partial charge in [0.1, 0.15) is 5.69 Å². The Morgan fingerprint density at radius 1 is 1.20 bits per heavy atom. The van der Waals surface area contributed by atoms with Crippen LogP contribution in [0.3, 0.4) is 0 Å². The third-order valence-corrected chi connectivity index (χ3v) is 3.43. The Labute approximate surface area is 140 Å². The van der Waals surface area contributed by atoms with Crippen LogP contribution in [0.2, 0.25) is 0 Å². The predicted molar refractivity (Wildman–Crippen MR) is 81.5 cm³/mol. The van der Waals surface area contributed by atoms with Gasteiger partial charge in [0.2, 0.25) is 0 Å². The number of aromatic nitrogens is 3. The molecule has 3 aromatic heterocycles. The van der Waals surface area contributed by atoms with Gasteiger partial charge in [-0.15, -0.1) is 0 Å². The lowest BCUT2D eigenvalue weighted by Gasteiger charge is -2.07. The highest BCUT2D eigenvalue weighted by molar-refractivity contribution is 5.93. The van der Waals surface area contributed by atoms with E-state index in [9.17, 15) is 18.0 Å². The molecule has 3 aromatic rings. The molecule has 0 saturated carbocycles. The van der Waals surface area contributed by atoms with Crippen LogP contribution in [-0.4, -0.2) is 27.2 Å². The van der Waals surface area contributed by atoms with Crippen LogP contribution in [0.15, 0.2) is 53.7 Å². The summed E-state index contributed by atoms with van der Waals surface area (Å²) in [6, 6.07) is 3.68. The molecule has 0 fully saturated rings. The van der Waals surface area contributed by atoms with Crippen molar-refractivity contribution in [2.45, 2.75) is 12.7 Å². The number of carbonyl (C=O) groups is 1. The molecule has 0 saturated heterocycles. The summed E-state index contributed by atoms with van der Waals surface area (Å²) in [4.78, 5) is 15.2. The molecule has 1 N–H and O–H groups in total. The summed E-state index contributed by atoms with van der Waals surface area (Å²) < 4.78 is 44.0. The molecule has 130 valence electrons. The van der Waals surface area contributed by atoms with Crippen LogP contribution in [0.1, 0.15) is 16.1 Å². The number of halogens is 3. The third-order valence-electron chi connectivity index (χ3n) is 3.43. The summed E-state index contributed by atoms with van der Waals surface area (Å²) in [6.45, 7) is 0.685. The molecule has 0 spiro atoms. The molecule has 0 atom stereocenters. The average Bonchev–Trinajstić information content (AvgIpc) is 3.25. The maximum absolute atomic E-state index is 12.4. The summed E-state index contributed by atoms with van der Waals surface area (Å²) in [5.41, 5.74) is 0.804. The van der Waals surface area contributed by atoms with E-state index >= 15 is 0 Å². The first kappa shape index (κ1) is 16.7. The van der Waals surface area contributed by atoms with Crippen molar-refractivity contribution >= 4 is 5.91 Å². The van der Waals surface area contributed by atoms with Crippen molar-refractivity contribution in [1.29, 1.82) is 0 Å². The van der Waals surface area contributed by atoms with Crippen molar-refractivity contribution in [2.24, 2.45) is 0 Å². The van der Waals surface area contributed by atoms with Gasteiger partial charge in [-0.2, -0.15) is 18.3 Å². The van der Waals surface area contributed by atoms with Crippen LogP contribution in [0, 0.1) is 0 Å². The fourth-order valence-corrected chi connectivity index (χ4v) is 2.15. The zero-order chi connectivity index (χ0) is 17.9. The SMILES string of the molecule is O=C(NCCn1cc(-c2ccoc2)cn1)c1ccc(C(F)(F)F)nc1. The maximum atomic E-state index is 12.4. The Bertz CT molecular complexity index is 839. The van der Waals surface area contributed by atoms with E-state index in [4.69, 9.17) is 4.42 Å². The van der Waals surface area contributed by atoms with E-state index in [-0.39, 0.29) is 12.1 Å². The molecule has 0 aliphatic carbocycles. The lowest BCUT2D eigenvalue weighted by Crippen LogP contribution is -2.27. The number of rotatable bonds is 5. The first-order valence-corrected chi connectivity index (χ1v) is 7.30. The number of pyridine rings is 1. The fourth-order valence-electron chi connectivity index (χ4n) is 2.15. The van der Waals surface area contributed by atoms with Crippen LogP contribution < -0.4 is 5.32 Å². The molecule has 3 rings (SSSR count). The van der Waals surface area contributed by atoms with Crippen LogP contribution in [-0.2, 0) is 12.7 Å². The Kier molecular flexibility index (Phi) is 4.55. The second-order valence-electron chi connectivity index (χ2n) is 5.19. The zero-order valence-corrected chi connectivity index (χ0v) is 12.8. The van der Waals surface area contributed by atoms with Crippen molar-refractivity contribution in [3.8, 4) is 11.1 Å². The van der Waals surface area contributed by atoms with Crippen molar-refractivity contribution in [3.05, 3.63) is 60.6 Å². The van der Waals surface area contributed by atoms with E-state index in [1.54, 1.807) is 35.7 Å². The van der Waals surface area contributed by atoms with Gasteiger partial charge in [0.25, 0.3) is 5.91 Å². The molecule has 0 aliphatic heterocycles. The van der Waals surface area contributed by atoms with Crippen LogP contribution in [0.5, 0.6) is 0 Å². The van der Waals surface area contributed by atoms with Crippen molar-refractivity contribution in [3.63, 3.8) is 0 Å². The molecule has 0 radical (unpaired) electrons. The van der Waals surface area contributed by atoms with Crippen molar-refractivity contribution < 1.29 is 22.4 Å². The predicted octanol–water partition coefficient (Wildman–Crippen LogP) is 2.99. The van der Waals surface area contributed by atoms with E-state index < -0.39 is 17.8 Å². The smallest absolute Gasteiger partial charge is 0.433 e. The molecular formula is C16H13F3N4O2. The largest absolute Gasteiger partial charge is 0.472 e. The molecule has 3 heterocycles. The molecular weight excluding hydrogens is 337 g/mol. The molecule has 0 aromatic carbocycles. The van der Waals surface area contributed by atoms with Gasteiger partial charge in [0.05, 0.1) is 30.8 Å². The molecule has 1 amide bonds. The van der Waals surface area contributed by atoms with Crippen LogP contribution in [0.25, 0.3) is 11.1 Å². The van der Waals surface area contributed by atoms with E-state index in [0.29, 0.717) is 6.54 Å². The average molecular weight is 350 g/mol. The molecule has 0 bridgehead atoms. The number of alkyl halides is 3. The molecule has 6 nitrogen and oxygen atoms in total. The highest BCUT2D eigenvalue weighted by atomic mass is 19.4. The first-order chi connectivity index (χ1) is 11.9. The van der Waals surface area contributed by atoms with Gasteiger partial charge in [-0.1, -0.05) is 0 Å². The molecule has 25 heavy (non-hydrogen) atoms. The summed E-state index contributed by atoms with van der Waals surface area (Å²) >= 11 is 0. The number of furan rings is 1. The lowest BCUT2D eigenvalue weighted by atomic mass is 10.2. The van der Waals surface area contributed by atoms with E-state index in [0.717, 1.165) is 29.5 Å². The van der Waals surface area contributed by atoms with Gasteiger partial charge in [-0.05, 0) is 18.2 Å². The van der Waals surface area contributed by atoms with Gasteiger partial charge in [-0.3, -0.25) is 14.5 Å². The molecule has 0 aliphatic rings. The minimum Gasteiger partial charge on any atom is -0.472 e. The Morgan fingerprint density at radius 2 is 2.04 bits per heavy atom. The van der Waals surface area contributed by atoms with Gasteiger partial charge in [0, 0.05) is 30.1 Å². The summed E-state index contributed by atoms with van der Waals surface area (Å²) in [5, 5.41) is 6.78. The van der Waals surface area contributed by atoms with E-state index in [2.05, 4.69) is 15.4 Å². The normalized spacial score (nSPS) is 11.5. The number of amides is 1. The number of carbonyl (C=O) groups excluding carboxylic acids is 1. The molecule has 0 unspecified atom stereocenters. The maximum Gasteiger partial charge on any atom is 0.433 e. The van der Waals surface area contributed by atoms with E-state index in [1.807, 2.05) is 0 Å². The second-order valence-corrected chi connectivity index (χ2v) is 5.19. The summed E-state index contributed by atoms with van der Waals surface area (Å²) in [5.74, 6) is -0.497. The quantitative estimate of drug-likeness (QED) is 0.768. The van der Waals surface area contributed by atoms with Gasteiger partial charge in [-0.25, -0.2) is 0 Å². The highest BCUT2D eigenvalue weighted by Gasteiger charge is 2.32. The Balaban J connectivity index is 1.53. The van der Waals surface area contributed by atoms with Crippen molar-refractivity contribution in [1.82, 2.24) is 20.1 Å². The summed E-state index contributed by atoms with van der Waals surface area (Å²) in [6.07, 6.45) is 3.01. The topological polar surface area (TPSA) is 73.0 Å². The second kappa shape index (κ2) is 6.80. The fraction of sp³-hybridized carbons (Fsp3) is 0.188. The monoisotopic (exact) mass is 350 g/mol. The third kappa shape index (κ3) is 4.06. The Hall–Kier alpha value is -3.10. The number of hydrogen-bond donors (Lipinski definition) is 1. The number of nitrogens with zero attached hydrogens (tertiary/aromatic N) is 3. The number of nitrogens with one attached hydrogen (secondary N) is 1. The van der Waals surface area contributed by atoms with Crippen LogP contribution >= 0.6 is 0 Å². The van der Waals surface area contributed by atoms with Gasteiger partial charge < -0.3 is 9.73 Å². The standard InChI is InChI=1S/C16H13F3N4O2/c17-16(18,19)14-2-1-11(7-21-14)15(24)20-4-5-23-9-13(8-22-23)12-3-6-25-10-12/h1-3,6-10H,4-5H2,(H,20,24).